The average Bonchev–Trinajstić information content (AvgIpc) is 3.55. The van der Waals surface area contributed by atoms with Gasteiger partial charge in [-0.1, -0.05) is 17.7 Å². The van der Waals surface area contributed by atoms with E-state index in [9.17, 15) is 9.59 Å². The van der Waals surface area contributed by atoms with E-state index in [0.29, 0.717) is 33.1 Å². The zero-order valence-electron chi connectivity index (χ0n) is 17.8. The quantitative estimate of drug-likeness (QED) is 0.303. The minimum Gasteiger partial charge on any atom is -0.454 e. The molecule has 0 radical (unpaired) electrons. The van der Waals surface area contributed by atoms with Gasteiger partial charge in [0.05, 0.1) is 11.4 Å². The van der Waals surface area contributed by atoms with E-state index in [4.69, 9.17) is 24.7 Å². The predicted octanol–water partition coefficient (Wildman–Crippen LogP) is 3.37. The van der Waals surface area contributed by atoms with Crippen molar-refractivity contribution in [3.05, 3.63) is 81.2 Å². The molecule has 168 valence electrons. The summed E-state index contributed by atoms with van der Waals surface area (Å²) in [6.07, 6.45) is 0. The van der Waals surface area contributed by atoms with E-state index < -0.39 is 11.4 Å². The second-order valence-corrected chi connectivity index (χ2v) is 8.79. The van der Waals surface area contributed by atoms with Gasteiger partial charge >= 0.3 is 11.3 Å². The summed E-state index contributed by atoms with van der Waals surface area (Å²) in [6, 6.07) is 16.5. The fourth-order valence-corrected chi connectivity index (χ4v) is 4.87. The third kappa shape index (κ3) is 3.15. The number of fused-ring (bicyclic) bond motifs is 2. The maximum Gasteiger partial charge on any atom is 0.439 e. The summed E-state index contributed by atoms with van der Waals surface area (Å²) in [5, 5.41) is 3.14. The number of hydrogen-bond donors (Lipinski definition) is 2. The summed E-state index contributed by atoms with van der Waals surface area (Å²) in [5.74, 6) is 0.798. The van der Waals surface area contributed by atoms with E-state index in [1.807, 2.05) is 49.4 Å². The lowest BCUT2D eigenvalue weighted by Gasteiger charge is -2.03. The lowest BCUT2D eigenvalue weighted by Crippen LogP contribution is -2.41. The number of anilines is 1. The van der Waals surface area contributed by atoms with Crippen LogP contribution in [0.2, 0.25) is 0 Å². The SMILES string of the molecule is Cc1ccc(-[n+]2[nH]oc(=O)c2C(=O)c2sc3nc(-c4ccc5c(c4)OCO5)ccc3c2N)cc1. The molecule has 0 aliphatic carbocycles. The van der Waals surface area contributed by atoms with Crippen molar-refractivity contribution >= 4 is 33.0 Å². The second kappa shape index (κ2) is 7.56. The zero-order chi connectivity index (χ0) is 23.4. The molecule has 0 atom stereocenters. The molecule has 0 spiro atoms. The Hall–Kier alpha value is -4.44. The van der Waals surface area contributed by atoms with Crippen molar-refractivity contribution in [2.45, 2.75) is 6.92 Å². The number of carbonyl (C=O) groups is 1. The molecule has 0 saturated carbocycles. The zero-order valence-corrected chi connectivity index (χ0v) is 18.6. The molecule has 3 aromatic heterocycles. The number of pyridine rings is 1. The molecule has 0 fully saturated rings. The highest BCUT2D eigenvalue weighted by Gasteiger charge is 2.34. The topological polar surface area (TPSA) is 124 Å². The molecule has 6 rings (SSSR count). The van der Waals surface area contributed by atoms with Crippen LogP contribution in [0.4, 0.5) is 5.69 Å². The first-order valence-electron chi connectivity index (χ1n) is 10.3. The normalized spacial score (nSPS) is 12.4. The average molecular weight is 473 g/mol. The molecule has 0 unspecified atom stereocenters. The maximum absolute atomic E-state index is 13.4. The lowest BCUT2D eigenvalue weighted by atomic mass is 10.1. The van der Waals surface area contributed by atoms with Gasteiger partial charge in [0, 0.05) is 23.1 Å². The number of rotatable bonds is 4. The van der Waals surface area contributed by atoms with Gasteiger partial charge in [-0.2, -0.15) is 0 Å². The molecule has 2 aromatic carbocycles. The van der Waals surface area contributed by atoms with Crippen LogP contribution < -0.4 is 25.5 Å². The summed E-state index contributed by atoms with van der Waals surface area (Å²) in [4.78, 5) is 31.4. The van der Waals surface area contributed by atoms with Gasteiger partial charge in [-0.05, 0) is 47.2 Å². The number of aryl methyl sites for hydroxylation is 1. The van der Waals surface area contributed by atoms with Gasteiger partial charge in [-0.25, -0.2) is 9.78 Å². The van der Waals surface area contributed by atoms with Crippen LogP contribution in [-0.2, 0) is 0 Å². The van der Waals surface area contributed by atoms with E-state index in [1.54, 1.807) is 12.1 Å². The van der Waals surface area contributed by atoms with Crippen molar-refractivity contribution in [3.63, 3.8) is 0 Å². The van der Waals surface area contributed by atoms with Gasteiger partial charge in [-0.3, -0.25) is 9.32 Å². The molecule has 1 aliphatic heterocycles. The van der Waals surface area contributed by atoms with Crippen molar-refractivity contribution in [1.82, 2.24) is 10.3 Å². The van der Waals surface area contributed by atoms with E-state index in [-0.39, 0.29) is 23.1 Å². The van der Waals surface area contributed by atoms with Gasteiger partial charge in [-0.15, -0.1) is 11.3 Å². The van der Waals surface area contributed by atoms with Gasteiger partial charge in [0.25, 0.3) is 5.78 Å². The molecule has 10 heteroatoms. The first-order valence-corrected chi connectivity index (χ1v) is 11.2. The van der Waals surface area contributed by atoms with E-state index in [2.05, 4.69) is 5.27 Å². The first-order chi connectivity index (χ1) is 16.5. The number of nitrogens with two attached hydrogens (primary N) is 1. The van der Waals surface area contributed by atoms with Gasteiger partial charge < -0.3 is 15.2 Å². The van der Waals surface area contributed by atoms with Gasteiger partial charge in [0.2, 0.25) is 12.5 Å². The van der Waals surface area contributed by atoms with E-state index in [1.165, 1.54) is 4.68 Å². The van der Waals surface area contributed by atoms with Crippen LogP contribution in [-0.4, -0.2) is 22.8 Å². The summed E-state index contributed by atoms with van der Waals surface area (Å²) < 4.78 is 17.1. The van der Waals surface area contributed by atoms with Crippen molar-refractivity contribution in [2.24, 2.45) is 0 Å². The first kappa shape index (κ1) is 20.2. The van der Waals surface area contributed by atoms with Crippen LogP contribution in [0.15, 0.2) is 63.9 Å². The largest absolute Gasteiger partial charge is 0.454 e. The Labute approximate surface area is 195 Å². The number of aromatic amines is 1. The van der Waals surface area contributed by atoms with Crippen LogP contribution in [0.3, 0.4) is 0 Å². The van der Waals surface area contributed by atoms with Crippen LogP contribution >= 0.6 is 11.3 Å². The summed E-state index contributed by atoms with van der Waals surface area (Å²) in [7, 11) is 0. The van der Waals surface area contributed by atoms with Crippen molar-refractivity contribution in [2.75, 3.05) is 12.5 Å². The molecular weight excluding hydrogens is 456 g/mol. The predicted molar refractivity (Wildman–Crippen MR) is 125 cm³/mol. The number of aromatic nitrogens is 3. The molecule has 0 amide bonds. The molecule has 34 heavy (non-hydrogen) atoms. The fourth-order valence-electron chi connectivity index (χ4n) is 3.83. The van der Waals surface area contributed by atoms with Gasteiger partial charge in [0.15, 0.2) is 11.5 Å². The monoisotopic (exact) mass is 473 g/mol. The van der Waals surface area contributed by atoms with Crippen molar-refractivity contribution in [1.29, 1.82) is 0 Å². The molecule has 1 aliphatic rings. The fraction of sp³-hybridized carbons (Fsp3) is 0.0833. The third-order valence-corrected chi connectivity index (χ3v) is 6.74. The lowest BCUT2D eigenvalue weighted by molar-refractivity contribution is -0.672. The number of benzene rings is 2. The van der Waals surface area contributed by atoms with Crippen molar-refractivity contribution < 1.29 is 23.5 Å². The summed E-state index contributed by atoms with van der Waals surface area (Å²) >= 11 is 1.13. The number of ether oxygens (including phenoxy) is 2. The van der Waals surface area contributed by atoms with Crippen LogP contribution in [0.5, 0.6) is 11.5 Å². The summed E-state index contributed by atoms with van der Waals surface area (Å²) in [5.41, 5.74) is 8.81. The van der Waals surface area contributed by atoms with Crippen LogP contribution in [0, 0.1) is 6.92 Å². The number of hydrogen-bond acceptors (Lipinski definition) is 8. The number of nitrogens with one attached hydrogen (secondary N) is 1. The molecule has 3 N–H and O–H groups in total. The van der Waals surface area contributed by atoms with Crippen LogP contribution in [0.1, 0.15) is 20.9 Å². The Balaban J connectivity index is 1.42. The standard InChI is InChI=1S/C24H16N4O5S/c1-12-2-5-14(6-3-12)28-20(24(30)33-27-28)21(29)22-19(25)15-7-8-16(26-23(15)34-22)13-4-9-17-18(10-13)32-11-31-17/h2-10H,11H2,1H3,(H2-,25,27,29,30)/p+1. The Bertz CT molecular complexity index is 1650. The third-order valence-electron chi connectivity index (χ3n) is 5.62. The number of H-pyrrole nitrogens is 1. The summed E-state index contributed by atoms with van der Waals surface area (Å²) in [6.45, 7) is 2.13. The number of ketones is 1. The molecular formula is C24H17N4O5S+. The second-order valence-electron chi connectivity index (χ2n) is 7.79. The highest BCUT2D eigenvalue weighted by molar-refractivity contribution is 7.21. The molecule has 5 aromatic rings. The smallest absolute Gasteiger partial charge is 0.439 e. The Morgan fingerprint density at radius 3 is 2.71 bits per heavy atom. The Morgan fingerprint density at radius 1 is 1.09 bits per heavy atom. The highest BCUT2D eigenvalue weighted by Crippen LogP contribution is 2.38. The Kier molecular flexibility index (Phi) is 4.49. The highest BCUT2D eigenvalue weighted by atomic mass is 32.1. The molecule has 4 heterocycles. The van der Waals surface area contributed by atoms with Crippen molar-refractivity contribution in [3.8, 4) is 28.4 Å². The minimum absolute atomic E-state index is 0.168. The number of thiophene rings is 1. The number of nitrogen functional groups attached to an aromatic ring is 1. The molecule has 0 bridgehead atoms. The molecule has 0 saturated heterocycles. The number of nitrogens with zero attached hydrogens (tertiary/aromatic N) is 2. The van der Waals surface area contributed by atoms with E-state index in [0.717, 1.165) is 22.5 Å². The minimum atomic E-state index is -0.781. The number of carbonyl (C=O) groups excluding carboxylic acids is 1. The van der Waals surface area contributed by atoms with Gasteiger partial charge in [0.1, 0.15) is 9.71 Å². The van der Waals surface area contributed by atoms with E-state index >= 15 is 0 Å². The molecule has 9 nitrogen and oxygen atoms in total. The maximum atomic E-state index is 13.4. The Morgan fingerprint density at radius 2 is 1.88 bits per heavy atom. The van der Waals surface area contributed by atoms with Crippen LogP contribution in [0.25, 0.3) is 27.2 Å².